The number of imidazole rings is 1. The fourth-order valence-corrected chi connectivity index (χ4v) is 2.27. The summed E-state index contributed by atoms with van der Waals surface area (Å²) in [6, 6.07) is 2.06. The summed E-state index contributed by atoms with van der Waals surface area (Å²) in [5.41, 5.74) is 1.24. The number of furan rings is 1. The lowest BCUT2D eigenvalue weighted by atomic mass is 10.2. The normalized spacial score (nSPS) is 11.7. The predicted molar refractivity (Wildman–Crippen MR) is 83.6 cm³/mol. The van der Waals surface area contributed by atoms with Gasteiger partial charge in [-0.3, -0.25) is 4.90 Å². The lowest BCUT2D eigenvalue weighted by Crippen LogP contribution is -2.22. The number of aryl methyl sites for hydroxylation is 1. The molecule has 116 valence electrons. The summed E-state index contributed by atoms with van der Waals surface area (Å²) in [6.45, 7) is 7.89. The molecule has 0 spiro atoms. The Morgan fingerprint density at radius 2 is 2.19 bits per heavy atom. The highest BCUT2D eigenvalue weighted by Gasteiger charge is 2.11. The van der Waals surface area contributed by atoms with E-state index in [1.54, 1.807) is 6.26 Å². The first-order chi connectivity index (χ1) is 10.1. The number of nitrogens with zero attached hydrogens (tertiary/aromatic N) is 3. The Morgan fingerprint density at radius 3 is 2.86 bits per heavy atom. The first-order valence-corrected chi connectivity index (χ1v) is 7.47. The van der Waals surface area contributed by atoms with E-state index in [4.69, 9.17) is 4.42 Å². The molecule has 0 amide bonds. The molecule has 0 bridgehead atoms. The second kappa shape index (κ2) is 7.43. The number of rotatable bonds is 8. The lowest BCUT2D eigenvalue weighted by molar-refractivity contribution is 0.303. The van der Waals surface area contributed by atoms with Crippen molar-refractivity contribution >= 4 is 0 Å². The van der Waals surface area contributed by atoms with Gasteiger partial charge in [0.25, 0.3) is 0 Å². The van der Waals surface area contributed by atoms with Gasteiger partial charge in [0.2, 0.25) is 0 Å². The van der Waals surface area contributed by atoms with Gasteiger partial charge >= 0.3 is 0 Å². The van der Waals surface area contributed by atoms with Crippen LogP contribution in [0.3, 0.4) is 0 Å². The van der Waals surface area contributed by atoms with E-state index in [0.29, 0.717) is 5.92 Å². The molecule has 0 aliphatic heterocycles. The maximum Gasteiger partial charge on any atom is 0.122 e. The van der Waals surface area contributed by atoms with Crippen molar-refractivity contribution in [2.45, 2.75) is 33.5 Å². The Morgan fingerprint density at radius 1 is 1.38 bits per heavy atom. The van der Waals surface area contributed by atoms with E-state index in [9.17, 15) is 0 Å². The molecule has 5 nitrogen and oxygen atoms in total. The minimum absolute atomic E-state index is 0.648. The fourth-order valence-electron chi connectivity index (χ4n) is 2.27. The van der Waals surface area contributed by atoms with Crippen LogP contribution < -0.4 is 5.32 Å². The van der Waals surface area contributed by atoms with Gasteiger partial charge in [0.15, 0.2) is 0 Å². The molecule has 0 aliphatic rings. The largest absolute Gasteiger partial charge is 0.468 e. The molecule has 2 aromatic rings. The van der Waals surface area contributed by atoms with E-state index < -0.39 is 0 Å². The highest BCUT2D eigenvalue weighted by molar-refractivity contribution is 5.16. The summed E-state index contributed by atoms with van der Waals surface area (Å²) in [6.07, 6.45) is 5.58. The van der Waals surface area contributed by atoms with Crippen LogP contribution in [0.25, 0.3) is 0 Å². The van der Waals surface area contributed by atoms with Gasteiger partial charge in [-0.25, -0.2) is 4.98 Å². The van der Waals surface area contributed by atoms with Crippen molar-refractivity contribution in [1.82, 2.24) is 19.8 Å². The summed E-state index contributed by atoms with van der Waals surface area (Å²) >= 11 is 0. The zero-order valence-electron chi connectivity index (χ0n) is 13.5. The van der Waals surface area contributed by atoms with Gasteiger partial charge in [-0.2, -0.15) is 0 Å². The summed E-state index contributed by atoms with van der Waals surface area (Å²) in [4.78, 5) is 6.61. The topological polar surface area (TPSA) is 46.2 Å². The second-order valence-electron chi connectivity index (χ2n) is 6.02. The maximum absolute atomic E-state index is 5.60. The fraction of sp³-hybridized carbons (Fsp3) is 0.562. The van der Waals surface area contributed by atoms with Crippen molar-refractivity contribution in [3.63, 3.8) is 0 Å². The van der Waals surface area contributed by atoms with Crippen LogP contribution in [-0.2, 0) is 26.7 Å². The third-order valence-electron chi connectivity index (χ3n) is 3.45. The molecule has 0 fully saturated rings. The van der Waals surface area contributed by atoms with E-state index in [-0.39, 0.29) is 0 Å². The van der Waals surface area contributed by atoms with E-state index in [1.807, 2.05) is 19.4 Å². The van der Waals surface area contributed by atoms with Crippen molar-refractivity contribution in [2.75, 3.05) is 13.6 Å². The Bertz CT molecular complexity index is 544. The minimum atomic E-state index is 0.648. The molecule has 2 heterocycles. The number of nitrogens with one attached hydrogen (secondary N) is 1. The zero-order valence-corrected chi connectivity index (χ0v) is 13.5. The third kappa shape index (κ3) is 4.72. The van der Waals surface area contributed by atoms with Crippen LogP contribution in [0.15, 0.2) is 29.1 Å². The molecule has 0 atom stereocenters. The van der Waals surface area contributed by atoms with E-state index in [2.05, 4.69) is 46.7 Å². The summed E-state index contributed by atoms with van der Waals surface area (Å²) in [5, 5.41) is 3.43. The zero-order chi connectivity index (χ0) is 15.2. The molecule has 0 saturated carbocycles. The van der Waals surface area contributed by atoms with Crippen LogP contribution in [0, 0.1) is 5.92 Å². The van der Waals surface area contributed by atoms with Crippen molar-refractivity contribution in [2.24, 2.45) is 13.0 Å². The van der Waals surface area contributed by atoms with Crippen molar-refractivity contribution in [1.29, 1.82) is 0 Å². The molecular weight excluding hydrogens is 264 g/mol. The Kier molecular flexibility index (Phi) is 5.59. The van der Waals surface area contributed by atoms with Crippen molar-refractivity contribution < 1.29 is 4.42 Å². The quantitative estimate of drug-likeness (QED) is 0.811. The minimum Gasteiger partial charge on any atom is -0.468 e. The lowest BCUT2D eigenvalue weighted by Gasteiger charge is -2.16. The second-order valence-corrected chi connectivity index (χ2v) is 6.02. The van der Waals surface area contributed by atoms with Gasteiger partial charge in [-0.15, -0.1) is 0 Å². The SMILES string of the molecule is CC(C)CNCc1occc1CN(C)Cc1nccn1C. The molecule has 0 radical (unpaired) electrons. The van der Waals surface area contributed by atoms with Crippen LogP contribution in [0.2, 0.25) is 0 Å². The van der Waals surface area contributed by atoms with Gasteiger partial charge in [0.05, 0.1) is 19.4 Å². The average molecular weight is 290 g/mol. The van der Waals surface area contributed by atoms with Crippen LogP contribution in [0.4, 0.5) is 0 Å². The average Bonchev–Trinajstić information content (AvgIpc) is 3.00. The highest BCUT2D eigenvalue weighted by atomic mass is 16.3. The predicted octanol–water partition coefficient (Wildman–Crippen LogP) is 2.39. The van der Waals surface area contributed by atoms with Gasteiger partial charge in [-0.05, 0) is 25.6 Å². The first kappa shape index (κ1) is 15.8. The summed E-state index contributed by atoms with van der Waals surface area (Å²) in [5.74, 6) is 2.75. The molecule has 2 rings (SSSR count). The van der Waals surface area contributed by atoms with Crippen LogP contribution in [0.5, 0.6) is 0 Å². The van der Waals surface area contributed by atoms with Crippen LogP contribution in [-0.4, -0.2) is 28.0 Å². The van der Waals surface area contributed by atoms with Crippen molar-refractivity contribution in [3.05, 3.63) is 41.9 Å². The number of aromatic nitrogens is 2. The highest BCUT2D eigenvalue weighted by Crippen LogP contribution is 2.14. The Hall–Kier alpha value is -1.59. The van der Waals surface area contributed by atoms with Crippen molar-refractivity contribution in [3.8, 4) is 0 Å². The molecule has 0 aliphatic carbocycles. The summed E-state index contributed by atoms with van der Waals surface area (Å²) in [7, 11) is 4.13. The van der Waals surface area contributed by atoms with Gasteiger partial charge in [0, 0.05) is 31.5 Å². The Balaban J connectivity index is 1.87. The maximum atomic E-state index is 5.60. The molecule has 21 heavy (non-hydrogen) atoms. The smallest absolute Gasteiger partial charge is 0.122 e. The first-order valence-electron chi connectivity index (χ1n) is 7.47. The van der Waals surface area contributed by atoms with Gasteiger partial charge < -0.3 is 14.3 Å². The molecule has 5 heteroatoms. The third-order valence-corrected chi connectivity index (χ3v) is 3.45. The number of hydrogen-bond acceptors (Lipinski definition) is 4. The van der Waals surface area contributed by atoms with E-state index in [1.165, 1.54) is 5.56 Å². The van der Waals surface area contributed by atoms with Gasteiger partial charge in [-0.1, -0.05) is 13.8 Å². The molecule has 2 aromatic heterocycles. The summed E-state index contributed by atoms with van der Waals surface area (Å²) < 4.78 is 7.65. The monoisotopic (exact) mass is 290 g/mol. The van der Waals surface area contributed by atoms with E-state index in [0.717, 1.165) is 37.8 Å². The molecule has 0 saturated heterocycles. The van der Waals surface area contributed by atoms with Crippen LogP contribution in [0.1, 0.15) is 31.0 Å². The number of hydrogen-bond donors (Lipinski definition) is 1. The van der Waals surface area contributed by atoms with Gasteiger partial charge in [0.1, 0.15) is 11.6 Å². The molecular formula is C16H26N4O. The standard InChI is InChI=1S/C16H26N4O/c1-13(2)9-17-10-15-14(5-8-21-15)11-19(3)12-16-18-6-7-20(16)4/h5-8,13,17H,9-12H2,1-4H3. The molecule has 1 N–H and O–H groups in total. The van der Waals surface area contributed by atoms with E-state index >= 15 is 0 Å². The van der Waals surface area contributed by atoms with Crippen LogP contribution >= 0.6 is 0 Å². The Labute approximate surface area is 127 Å². The molecule has 0 aromatic carbocycles. The molecule has 0 unspecified atom stereocenters.